The molecule has 0 radical (unpaired) electrons. The van der Waals surface area contributed by atoms with E-state index in [4.69, 9.17) is 4.74 Å². The Morgan fingerprint density at radius 3 is 2.64 bits per heavy atom. The Kier molecular flexibility index (Phi) is 5.77. The van der Waals surface area contributed by atoms with Crippen molar-refractivity contribution in [3.8, 4) is 11.8 Å². The van der Waals surface area contributed by atoms with E-state index in [1.165, 1.54) is 6.07 Å². The topological polar surface area (TPSA) is 74.2 Å². The van der Waals surface area contributed by atoms with Crippen molar-refractivity contribution in [1.82, 2.24) is 5.32 Å². The van der Waals surface area contributed by atoms with Gasteiger partial charge in [0.2, 0.25) is 5.91 Å². The van der Waals surface area contributed by atoms with Crippen molar-refractivity contribution < 1.29 is 22.7 Å². The van der Waals surface area contributed by atoms with E-state index in [1.807, 2.05) is 0 Å². The van der Waals surface area contributed by atoms with Crippen molar-refractivity contribution >= 4 is 11.6 Å². The number of carbonyl (C=O) groups is 1. The number of alkyl halides is 3. The molecule has 0 bridgehead atoms. The minimum absolute atomic E-state index is 0.0287. The van der Waals surface area contributed by atoms with Crippen molar-refractivity contribution in [3.05, 3.63) is 23.8 Å². The van der Waals surface area contributed by atoms with E-state index >= 15 is 0 Å². The zero-order valence-corrected chi connectivity index (χ0v) is 13.9. The van der Waals surface area contributed by atoms with E-state index in [1.54, 1.807) is 19.1 Å². The lowest BCUT2D eigenvalue weighted by atomic mass is 10.00. The average Bonchev–Trinajstić information content (AvgIpc) is 3.00. The van der Waals surface area contributed by atoms with Crippen LogP contribution < -0.4 is 15.4 Å². The number of rotatable bonds is 6. The van der Waals surface area contributed by atoms with Crippen molar-refractivity contribution in [2.75, 3.05) is 18.5 Å². The van der Waals surface area contributed by atoms with Crippen LogP contribution in [0.1, 0.15) is 31.2 Å². The van der Waals surface area contributed by atoms with Crippen LogP contribution in [-0.2, 0) is 4.79 Å². The summed E-state index contributed by atoms with van der Waals surface area (Å²) in [6.07, 6.45) is -1.46. The normalized spacial score (nSPS) is 16.1. The molecule has 1 aromatic carbocycles. The van der Waals surface area contributed by atoms with Gasteiger partial charge in [0, 0.05) is 0 Å². The highest BCUT2D eigenvalue weighted by atomic mass is 19.4. The second-order valence-corrected chi connectivity index (χ2v) is 6.21. The molecule has 1 fully saturated rings. The SMILES string of the molecule is Cc1ccc(NCC(=O)NC2(C#N)CCCC2)c(OCC(F)(F)F)c1. The summed E-state index contributed by atoms with van der Waals surface area (Å²) in [6.45, 7) is 0.164. The largest absolute Gasteiger partial charge is 0.482 e. The second-order valence-electron chi connectivity index (χ2n) is 6.21. The number of hydrogen-bond acceptors (Lipinski definition) is 4. The van der Waals surface area contributed by atoms with Crippen LogP contribution in [0.2, 0.25) is 0 Å². The first-order chi connectivity index (χ1) is 11.7. The van der Waals surface area contributed by atoms with Gasteiger partial charge < -0.3 is 15.4 Å². The van der Waals surface area contributed by atoms with Crippen LogP contribution in [0.4, 0.5) is 18.9 Å². The summed E-state index contributed by atoms with van der Waals surface area (Å²) >= 11 is 0. The third-order valence-electron chi connectivity index (χ3n) is 4.02. The maximum absolute atomic E-state index is 12.4. The molecule has 8 heteroatoms. The molecule has 2 N–H and O–H groups in total. The van der Waals surface area contributed by atoms with Crippen molar-refractivity contribution in [2.45, 2.75) is 44.3 Å². The monoisotopic (exact) mass is 355 g/mol. The molecule has 25 heavy (non-hydrogen) atoms. The zero-order chi connectivity index (χ0) is 18.5. The fraction of sp³-hybridized carbons (Fsp3) is 0.529. The lowest BCUT2D eigenvalue weighted by Gasteiger charge is -2.22. The molecule has 2 rings (SSSR count). The Hall–Kier alpha value is -2.43. The number of carbonyl (C=O) groups excluding carboxylic acids is 1. The molecule has 0 spiro atoms. The Balaban J connectivity index is 1.97. The maximum atomic E-state index is 12.4. The van der Waals surface area contributed by atoms with Crippen LogP contribution in [0.5, 0.6) is 5.75 Å². The molecule has 1 aliphatic carbocycles. The number of halogens is 3. The Morgan fingerprint density at radius 1 is 1.36 bits per heavy atom. The summed E-state index contributed by atoms with van der Waals surface area (Å²) in [6, 6.07) is 6.89. The van der Waals surface area contributed by atoms with E-state index in [-0.39, 0.29) is 18.2 Å². The summed E-state index contributed by atoms with van der Waals surface area (Å²) in [4.78, 5) is 12.1. The molecule has 1 aliphatic rings. The molecule has 0 unspecified atom stereocenters. The fourth-order valence-electron chi connectivity index (χ4n) is 2.78. The van der Waals surface area contributed by atoms with Crippen molar-refractivity contribution in [2.24, 2.45) is 0 Å². The quantitative estimate of drug-likeness (QED) is 0.821. The van der Waals surface area contributed by atoms with E-state index in [0.29, 0.717) is 18.5 Å². The highest BCUT2D eigenvalue weighted by molar-refractivity contribution is 5.82. The number of anilines is 1. The predicted octanol–water partition coefficient (Wildman–Crippen LogP) is 3.30. The van der Waals surface area contributed by atoms with Gasteiger partial charge in [-0.25, -0.2) is 0 Å². The number of ether oxygens (including phenoxy) is 1. The van der Waals surface area contributed by atoms with Crippen molar-refractivity contribution in [3.63, 3.8) is 0 Å². The Labute approximate surface area is 144 Å². The second kappa shape index (κ2) is 7.64. The molecule has 0 saturated heterocycles. The number of hydrogen-bond donors (Lipinski definition) is 2. The first kappa shape index (κ1) is 18.9. The van der Waals surface area contributed by atoms with Crippen molar-refractivity contribution in [1.29, 1.82) is 5.26 Å². The smallest absolute Gasteiger partial charge is 0.422 e. The van der Waals surface area contributed by atoms with Gasteiger partial charge in [-0.15, -0.1) is 0 Å². The van der Waals surface area contributed by atoms with Crippen LogP contribution in [0.15, 0.2) is 18.2 Å². The van der Waals surface area contributed by atoms with Gasteiger partial charge in [-0.2, -0.15) is 18.4 Å². The Morgan fingerprint density at radius 2 is 2.04 bits per heavy atom. The van der Waals surface area contributed by atoms with Crippen LogP contribution in [0.25, 0.3) is 0 Å². The van der Waals surface area contributed by atoms with Crippen LogP contribution >= 0.6 is 0 Å². The molecular weight excluding hydrogens is 335 g/mol. The molecule has 0 aliphatic heterocycles. The molecule has 0 heterocycles. The van der Waals surface area contributed by atoms with E-state index in [0.717, 1.165) is 18.4 Å². The first-order valence-electron chi connectivity index (χ1n) is 7.99. The summed E-state index contributed by atoms with van der Waals surface area (Å²) in [5, 5.41) is 14.8. The number of nitriles is 1. The highest BCUT2D eigenvalue weighted by Crippen LogP contribution is 2.29. The number of amides is 1. The minimum Gasteiger partial charge on any atom is -0.482 e. The summed E-state index contributed by atoms with van der Waals surface area (Å²) in [7, 11) is 0. The molecule has 136 valence electrons. The van der Waals surface area contributed by atoms with Gasteiger partial charge in [-0.3, -0.25) is 4.79 Å². The molecule has 1 aromatic rings. The highest BCUT2D eigenvalue weighted by Gasteiger charge is 2.35. The van der Waals surface area contributed by atoms with Gasteiger partial charge in [0.1, 0.15) is 11.3 Å². The molecular formula is C17H20F3N3O2. The summed E-state index contributed by atoms with van der Waals surface area (Å²) in [5.41, 5.74) is 0.200. The molecule has 5 nitrogen and oxygen atoms in total. The van der Waals surface area contributed by atoms with Gasteiger partial charge in [0.15, 0.2) is 6.61 Å². The van der Waals surface area contributed by atoms with E-state index < -0.39 is 18.3 Å². The van der Waals surface area contributed by atoms with Gasteiger partial charge >= 0.3 is 6.18 Å². The van der Waals surface area contributed by atoms with Crippen LogP contribution in [0.3, 0.4) is 0 Å². The van der Waals surface area contributed by atoms with E-state index in [2.05, 4.69) is 16.7 Å². The number of benzene rings is 1. The van der Waals surface area contributed by atoms with Gasteiger partial charge in [-0.1, -0.05) is 6.07 Å². The van der Waals surface area contributed by atoms with Gasteiger partial charge in [0.25, 0.3) is 0 Å². The summed E-state index contributed by atoms with van der Waals surface area (Å²) < 4.78 is 41.9. The van der Waals surface area contributed by atoms with Gasteiger partial charge in [-0.05, 0) is 50.3 Å². The molecule has 1 amide bonds. The Bertz CT molecular complexity index is 662. The molecule has 0 aromatic heterocycles. The average molecular weight is 355 g/mol. The number of aryl methyl sites for hydroxylation is 1. The van der Waals surface area contributed by atoms with Crippen LogP contribution in [-0.4, -0.2) is 30.8 Å². The maximum Gasteiger partial charge on any atom is 0.422 e. The van der Waals surface area contributed by atoms with E-state index in [9.17, 15) is 23.2 Å². The number of nitrogens with one attached hydrogen (secondary N) is 2. The fourth-order valence-corrected chi connectivity index (χ4v) is 2.78. The summed E-state index contributed by atoms with van der Waals surface area (Å²) in [5.74, 6) is -0.355. The lowest BCUT2D eigenvalue weighted by molar-refractivity contribution is -0.153. The standard InChI is InChI=1S/C17H20F3N3O2/c1-12-4-5-13(14(8-12)25-11-17(18,19)20)22-9-15(24)23-16(10-21)6-2-3-7-16/h4-5,8,22H,2-3,6-7,9,11H2,1H3,(H,23,24). The number of nitrogens with zero attached hydrogens (tertiary/aromatic N) is 1. The molecule has 0 atom stereocenters. The predicted molar refractivity (Wildman–Crippen MR) is 86.2 cm³/mol. The third-order valence-corrected chi connectivity index (χ3v) is 4.02. The molecule has 1 saturated carbocycles. The first-order valence-corrected chi connectivity index (χ1v) is 7.99. The van der Waals surface area contributed by atoms with Gasteiger partial charge in [0.05, 0.1) is 18.3 Å². The minimum atomic E-state index is -4.44. The zero-order valence-electron chi connectivity index (χ0n) is 13.9. The van der Waals surface area contributed by atoms with Crippen LogP contribution in [0, 0.1) is 18.3 Å². The third kappa shape index (κ3) is 5.55. The lowest BCUT2D eigenvalue weighted by Crippen LogP contribution is -2.47.